The lowest BCUT2D eigenvalue weighted by molar-refractivity contribution is 0.433. The van der Waals surface area contributed by atoms with Crippen LogP contribution in [-0.4, -0.2) is 25.7 Å². The van der Waals surface area contributed by atoms with Crippen molar-refractivity contribution >= 4 is 5.69 Å². The van der Waals surface area contributed by atoms with Crippen molar-refractivity contribution in [3.8, 4) is 0 Å². The molecular weight excluding hydrogens is 196 g/mol. The van der Waals surface area contributed by atoms with E-state index in [1.54, 1.807) is 0 Å². The molecule has 88 valence electrons. The largest absolute Gasteiger partial charge is 0.369 e. The van der Waals surface area contributed by atoms with Gasteiger partial charge < -0.3 is 10.2 Å². The second-order valence-corrected chi connectivity index (χ2v) is 4.60. The SMILES string of the molecule is CCN(c1ccc(C)cc1)C1CCNCC1. The van der Waals surface area contributed by atoms with Crippen molar-refractivity contribution in [1.82, 2.24) is 5.32 Å². The lowest BCUT2D eigenvalue weighted by Crippen LogP contribution is -2.43. The highest BCUT2D eigenvalue weighted by Crippen LogP contribution is 2.21. The summed E-state index contributed by atoms with van der Waals surface area (Å²) in [4.78, 5) is 2.54. The first-order valence-electron chi connectivity index (χ1n) is 6.35. The van der Waals surface area contributed by atoms with Crippen LogP contribution in [0.5, 0.6) is 0 Å². The van der Waals surface area contributed by atoms with Crippen LogP contribution in [0.2, 0.25) is 0 Å². The fourth-order valence-electron chi connectivity index (χ4n) is 2.51. The second-order valence-electron chi connectivity index (χ2n) is 4.60. The van der Waals surface area contributed by atoms with Gasteiger partial charge in [0.05, 0.1) is 0 Å². The minimum Gasteiger partial charge on any atom is -0.369 e. The average Bonchev–Trinajstić information content (AvgIpc) is 2.34. The summed E-state index contributed by atoms with van der Waals surface area (Å²) < 4.78 is 0. The molecule has 1 fully saturated rings. The summed E-state index contributed by atoms with van der Waals surface area (Å²) in [7, 11) is 0. The number of nitrogens with zero attached hydrogens (tertiary/aromatic N) is 1. The summed E-state index contributed by atoms with van der Waals surface area (Å²) in [5.74, 6) is 0. The molecule has 2 rings (SSSR count). The number of benzene rings is 1. The minimum absolute atomic E-state index is 0.717. The number of anilines is 1. The summed E-state index contributed by atoms with van der Waals surface area (Å²) in [6, 6.07) is 9.63. The van der Waals surface area contributed by atoms with Crippen LogP contribution in [0.4, 0.5) is 5.69 Å². The van der Waals surface area contributed by atoms with E-state index in [1.807, 2.05) is 0 Å². The Kier molecular flexibility index (Phi) is 3.83. The van der Waals surface area contributed by atoms with Gasteiger partial charge in [0.15, 0.2) is 0 Å². The van der Waals surface area contributed by atoms with Crippen LogP contribution in [-0.2, 0) is 0 Å². The van der Waals surface area contributed by atoms with Crippen LogP contribution in [0.25, 0.3) is 0 Å². The monoisotopic (exact) mass is 218 g/mol. The Balaban J connectivity index is 2.11. The molecule has 1 aliphatic heterocycles. The number of nitrogens with one attached hydrogen (secondary N) is 1. The van der Waals surface area contributed by atoms with Gasteiger partial charge in [0.1, 0.15) is 0 Å². The van der Waals surface area contributed by atoms with E-state index < -0.39 is 0 Å². The van der Waals surface area contributed by atoms with Crippen molar-refractivity contribution in [3.05, 3.63) is 29.8 Å². The number of aryl methyl sites for hydroxylation is 1. The van der Waals surface area contributed by atoms with Gasteiger partial charge in [0.2, 0.25) is 0 Å². The Labute approximate surface area is 98.7 Å². The van der Waals surface area contributed by atoms with E-state index in [0.29, 0.717) is 6.04 Å². The third-order valence-electron chi connectivity index (χ3n) is 3.46. The molecule has 1 aromatic rings. The molecule has 0 spiro atoms. The Hall–Kier alpha value is -1.02. The molecule has 0 bridgehead atoms. The summed E-state index contributed by atoms with van der Waals surface area (Å²) in [6.45, 7) is 7.82. The van der Waals surface area contributed by atoms with Crippen molar-refractivity contribution in [2.75, 3.05) is 24.5 Å². The van der Waals surface area contributed by atoms with E-state index in [4.69, 9.17) is 0 Å². The van der Waals surface area contributed by atoms with Crippen molar-refractivity contribution in [3.63, 3.8) is 0 Å². The molecule has 0 atom stereocenters. The van der Waals surface area contributed by atoms with Crippen molar-refractivity contribution < 1.29 is 0 Å². The zero-order chi connectivity index (χ0) is 11.4. The van der Waals surface area contributed by atoms with Gasteiger partial charge in [-0.25, -0.2) is 0 Å². The van der Waals surface area contributed by atoms with Crippen molar-refractivity contribution in [1.29, 1.82) is 0 Å². The van der Waals surface area contributed by atoms with Crippen LogP contribution in [0, 0.1) is 6.92 Å². The smallest absolute Gasteiger partial charge is 0.0368 e. The normalized spacial score (nSPS) is 17.4. The van der Waals surface area contributed by atoms with Gasteiger partial charge >= 0.3 is 0 Å². The van der Waals surface area contributed by atoms with E-state index in [9.17, 15) is 0 Å². The molecule has 0 aliphatic carbocycles. The van der Waals surface area contributed by atoms with Gasteiger partial charge in [0.25, 0.3) is 0 Å². The standard InChI is InChI=1S/C14H22N2/c1-3-16(14-8-10-15-11-9-14)13-6-4-12(2)5-7-13/h4-7,14-15H,3,8-11H2,1-2H3. The van der Waals surface area contributed by atoms with Gasteiger partial charge in [-0.15, -0.1) is 0 Å². The highest BCUT2D eigenvalue weighted by molar-refractivity contribution is 5.48. The first-order valence-corrected chi connectivity index (χ1v) is 6.35. The highest BCUT2D eigenvalue weighted by atomic mass is 15.2. The lowest BCUT2D eigenvalue weighted by Gasteiger charge is -2.35. The van der Waals surface area contributed by atoms with Gasteiger partial charge in [-0.05, 0) is 51.9 Å². The Bertz CT molecular complexity index is 312. The molecule has 1 aromatic carbocycles. The third-order valence-corrected chi connectivity index (χ3v) is 3.46. The summed E-state index contributed by atoms with van der Waals surface area (Å²) in [5, 5.41) is 3.43. The molecule has 2 heteroatoms. The van der Waals surface area contributed by atoms with E-state index in [2.05, 4.69) is 48.3 Å². The van der Waals surface area contributed by atoms with Gasteiger partial charge in [-0.3, -0.25) is 0 Å². The zero-order valence-corrected chi connectivity index (χ0v) is 10.4. The quantitative estimate of drug-likeness (QED) is 0.839. The summed E-state index contributed by atoms with van der Waals surface area (Å²) >= 11 is 0. The molecule has 0 unspecified atom stereocenters. The van der Waals surface area contributed by atoms with E-state index in [1.165, 1.54) is 24.1 Å². The van der Waals surface area contributed by atoms with Gasteiger partial charge in [0, 0.05) is 18.3 Å². The maximum atomic E-state index is 3.43. The molecule has 1 saturated heterocycles. The van der Waals surface area contributed by atoms with Crippen molar-refractivity contribution in [2.24, 2.45) is 0 Å². The van der Waals surface area contributed by atoms with Crippen LogP contribution < -0.4 is 10.2 Å². The molecule has 0 amide bonds. The lowest BCUT2D eigenvalue weighted by atomic mass is 10.0. The fourth-order valence-corrected chi connectivity index (χ4v) is 2.51. The van der Waals surface area contributed by atoms with E-state index in [0.717, 1.165) is 19.6 Å². The molecule has 0 saturated carbocycles. The number of piperidine rings is 1. The Morgan fingerprint density at radius 3 is 2.38 bits per heavy atom. The highest BCUT2D eigenvalue weighted by Gasteiger charge is 2.19. The van der Waals surface area contributed by atoms with Crippen molar-refractivity contribution in [2.45, 2.75) is 32.7 Å². The minimum atomic E-state index is 0.717. The topological polar surface area (TPSA) is 15.3 Å². The molecule has 1 heterocycles. The summed E-state index contributed by atoms with van der Waals surface area (Å²) in [5.41, 5.74) is 2.71. The Morgan fingerprint density at radius 2 is 1.81 bits per heavy atom. The maximum Gasteiger partial charge on any atom is 0.0368 e. The molecule has 2 nitrogen and oxygen atoms in total. The fraction of sp³-hybridized carbons (Fsp3) is 0.571. The van der Waals surface area contributed by atoms with Gasteiger partial charge in [-0.2, -0.15) is 0 Å². The predicted octanol–water partition coefficient (Wildman–Crippen LogP) is 2.57. The van der Waals surface area contributed by atoms with Crippen LogP contribution in [0.15, 0.2) is 24.3 Å². The molecular formula is C14H22N2. The van der Waals surface area contributed by atoms with Crippen LogP contribution in [0.3, 0.4) is 0 Å². The average molecular weight is 218 g/mol. The molecule has 16 heavy (non-hydrogen) atoms. The zero-order valence-electron chi connectivity index (χ0n) is 10.4. The molecule has 0 aromatic heterocycles. The van der Waals surface area contributed by atoms with Crippen LogP contribution >= 0.6 is 0 Å². The summed E-state index contributed by atoms with van der Waals surface area (Å²) in [6.07, 6.45) is 2.53. The molecule has 1 N–H and O–H groups in total. The number of hydrogen-bond donors (Lipinski definition) is 1. The predicted molar refractivity (Wildman–Crippen MR) is 70.1 cm³/mol. The van der Waals surface area contributed by atoms with Gasteiger partial charge in [-0.1, -0.05) is 17.7 Å². The number of rotatable bonds is 3. The van der Waals surface area contributed by atoms with E-state index >= 15 is 0 Å². The first kappa shape index (κ1) is 11.5. The first-order chi connectivity index (χ1) is 7.81. The number of hydrogen-bond acceptors (Lipinski definition) is 2. The van der Waals surface area contributed by atoms with E-state index in [-0.39, 0.29) is 0 Å². The maximum absolute atomic E-state index is 3.43. The molecule has 0 radical (unpaired) electrons. The second kappa shape index (κ2) is 5.35. The molecule has 1 aliphatic rings. The Morgan fingerprint density at radius 1 is 1.19 bits per heavy atom. The van der Waals surface area contributed by atoms with Crippen LogP contribution in [0.1, 0.15) is 25.3 Å². The third kappa shape index (κ3) is 2.56.